The maximum Gasteiger partial charge on any atom is 0.00769 e. The van der Waals surface area contributed by atoms with Gasteiger partial charge < -0.3 is 10.6 Å². The van der Waals surface area contributed by atoms with Crippen molar-refractivity contribution in [3.05, 3.63) is 0 Å². The third-order valence-corrected chi connectivity index (χ3v) is 6.10. The van der Waals surface area contributed by atoms with Crippen LogP contribution in [0.1, 0.15) is 64.7 Å². The Morgan fingerprint density at radius 3 is 2.00 bits per heavy atom. The van der Waals surface area contributed by atoms with Gasteiger partial charge in [0.1, 0.15) is 0 Å². The van der Waals surface area contributed by atoms with Crippen LogP contribution in [0, 0.1) is 23.2 Å². The SMILES string of the molecule is CCCCCNCCNCC12CC3CC(CC(C3)C1)C2. The molecule has 0 unspecified atom stereocenters. The van der Waals surface area contributed by atoms with Crippen LogP contribution in [0.4, 0.5) is 0 Å². The highest BCUT2D eigenvalue weighted by molar-refractivity contribution is 5.02. The molecule has 0 spiro atoms. The zero-order valence-electron chi connectivity index (χ0n) is 13.4. The van der Waals surface area contributed by atoms with Crippen molar-refractivity contribution in [1.29, 1.82) is 0 Å². The van der Waals surface area contributed by atoms with E-state index >= 15 is 0 Å². The van der Waals surface area contributed by atoms with Crippen molar-refractivity contribution in [1.82, 2.24) is 10.6 Å². The van der Waals surface area contributed by atoms with Crippen molar-refractivity contribution < 1.29 is 0 Å². The minimum Gasteiger partial charge on any atom is -0.315 e. The van der Waals surface area contributed by atoms with E-state index < -0.39 is 0 Å². The molecule has 0 radical (unpaired) electrons. The second-order valence-electron chi connectivity index (χ2n) is 8.05. The molecular weight excluding hydrogens is 244 g/mol. The topological polar surface area (TPSA) is 24.1 Å². The standard InChI is InChI=1S/C18H34N2/c1-2-3-4-5-19-6-7-20-14-18-11-15-8-16(12-18)10-17(9-15)13-18/h15-17,19-20H,2-14H2,1H3. The predicted octanol–water partition coefficient (Wildman–Crippen LogP) is 3.57. The molecule has 0 atom stereocenters. The number of nitrogens with one attached hydrogen (secondary N) is 2. The van der Waals surface area contributed by atoms with Gasteiger partial charge in [0.15, 0.2) is 0 Å². The third-order valence-electron chi connectivity index (χ3n) is 6.10. The number of hydrogen-bond donors (Lipinski definition) is 2. The maximum atomic E-state index is 3.77. The van der Waals surface area contributed by atoms with Gasteiger partial charge in [-0.25, -0.2) is 0 Å². The lowest BCUT2D eigenvalue weighted by Crippen LogP contribution is -2.50. The Kier molecular flexibility index (Phi) is 5.04. The summed E-state index contributed by atoms with van der Waals surface area (Å²) in [6, 6.07) is 0. The van der Waals surface area contributed by atoms with Gasteiger partial charge in [-0.2, -0.15) is 0 Å². The molecule has 4 bridgehead atoms. The summed E-state index contributed by atoms with van der Waals surface area (Å²) in [6.07, 6.45) is 13.3. The van der Waals surface area contributed by atoms with Gasteiger partial charge in [0.2, 0.25) is 0 Å². The smallest absolute Gasteiger partial charge is 0.00769 e. The summed E-state index contributed by atoms with van der Waals surface area (Å²) in [4.78, 5) is 0. The van der Waals surface area contributed by atoms with Crippen LogP contribution in [0.5, 0.6) is 0 Å². The molecule has 0 saturated heterocycles. The summed E-state index contributed by atoms with van der Waals surface area (Å²) < 4.78 is 0. The Morgan fingerprint density at radius 1 is 0.800 bits per heavy atom. The van der Waals surface area contributed by atoms with E-state index in [2.05, 4.69) is 17.6 Å². The fourth-order valence-electron chi connectivity index (χ4n) is 5.66. The highest BCUT2D eigenvalue weighted by atomic mass is 14.9. The quantitative estimate of drug-likeness (QED) is 0.630. The Balaban J connectivity index is 1.31. The van der Waals surface area contributed by atoms with Gasteiger partial charge in [-0.05, 0) is 74.7 Å². The van der Waals surface area contributed by atoms with Gasteiger partial charge in [0.25, 0.3) is 0 Å². The zero-order chi connectivity index (χ0) is 13.8. The van der Waals surface area contributed by atoms with Gasteiger partial charge >= 0.3 is 0 Å². The molecule has 0 aromatic carbocycles. The van der Waals surface area contributed by atoms with Gasteiger partial charge in [-0.15, -0.1) is 0 Å². The number of unbranched alkanes of at least 4 members (excludes halogenated alkanes) is 2. The minimum absolute atomic E-state index is 0.705. The summed E-state index contributed by atoms with van der Waals surface area (Å²) in [5.74, 6) is 3.28. The highest BCUT2D eigenvalue weighted by Crippen LogP contribution is 2.59. The van der Waals surface area contributed by atoms with Crippen LogP contribution >= 0.6 is 0 Å². The van der Waals surface area contributed by atoms with Crippen molar-refractivity contribution in [2.75, 3.05) is 26.2 Å². The first-order valence-electron chi connectivity index (χ1n) is 9.21. The number of hydrogen-bond acceptors (Lipinski definition) is 2. The van der Waals surface area contributed by atoms with Crippen molar-refractivity contribution >= 4 is 0 Å². The van der Waals surface area contributed by atoms with E-state index in [0.717, 1.165) is 30.8 Å². The molecular formula is C18H34N2. The van der Waals surface area contributed by atoms with Crippen LogP contribution in [0.3, 0.4) is 0 Å². The molecule has 0 heterocycles. The minimum atomic E-state index is 0.705. The largest absolute Gasteiger partial charge is 0.315 e. The molecule has 0 aliphatic heterocycles. The summed E-state index contributed by atoms with van der Waals surface area (Å²) >= 11 is 0. The Bertz CT molecular complexity index is 265. The average Bonchev–Trinajstić information content (AvgIpc) is 2.40. The van der Waals surface area contributed by atoms with Crippen LogP contribution in [0.2, 0.25) is 0 Å². The number of rotatable bonds is 9. The second kappa shape index (κ2) is 6.79. The molecule has 0 aromatic heterocycles. The summed E-state index contributed by atoms with van der Waals surface area (Å²) in [6.45, 7) is 7.08. The van der Waals surface area contributed by atoms with E-state index in [0.29, 0.717) is 5.41 Å². The Morgan fingerprint density at radius 2 is 1.40 bits per heavy atom. The van der Waals surface area contributed by atoms with Crippen molar-refractivity contribution in [3.8, 4) is 0 Å². The van der Waals surface area contributed by atoms with Crippen molar-refractivity contribution in [3.63, 3.8) is 0 Å². The van der Waals surface area contributed by atoms with Crippen LogP contribution in [0.15, 0.2) is 0 Å². The van der Waals surface area contributed by atoms with Gasteiger partial charge in [0.05, 0.1) is 0 Å². The van der Waals surface area contributed by atoms with Gasteiger partial charge in [-0.1, -0.05) is 19.8 Å². The predicted molar refractivity (Wildman–Crippen MR) is 85.9 cm³/mol. The molecule has 2 nitrogen and oxygen atoms in total. The lowest BCUT2D eigenvalue weighted by atomic mass is 9.49. The fraction of sp³-hybridized carbons (Fsp3) is 1.00. The highest BCUT2D eigenvalue weighted by Gasteiger charge is 2.50. The molecule has 4 aliphatic rings. The molecule has 4 fully saturated rings. The van der Waals surface area contributed by atoms with Crippen molar-refractivity contribution in [2.45, 2.75) is 64.7 Å². The van der Waals surface area contributed by atoms with Gasteiger partial charge in [-0.3, -0.25) is 0 Å². The van der Waals surface area contributed by atoms with E-state index in [1.54, 1.807) is 19.3 Å². The van der Waals surface area contributed by atoms with Crippen molar-refractivity contribution in [2.24, 2.45) is 23.2 Å². The van der Waals surface area contributed by atoms with Gasteiger partial charge in [0, 0.05) is 19.6 Å². The third kappa shape index (κ3) is 3.57. The van der Waals surface area contributed by atoms with Crippen LogP contribution in [0.25, 0.3) is 0 Å². The van der Waals surface area contributed by atoms with E-state index in [4.69, 9.17) is 0 Å². The molecule has 0 amide bonds. The van der Waals surface area contributed by atoms with E-state index in [1.165, 1.54) is 51.6 Å². The first kappa shape index (κ1) is 14.8. The first-order valence-corrected chi connectivity index (χ1v) is 9.21. The summed E-state index contributed by atoms with van der Waals surface area (Å²) in [7, 11) is 0. The van der Waals surface area contributed by atoms with E-state index in [-0.39, 0.29) is 0 Å². The molecule has 116 valence electrons. The molecule has 20 heavy (non-hydrogen) atoms. The first-order chi connectivity index (χ1) is 9.80. The van der Waals surface area contributed by atoms with E-state index in [1.807, 2.05) is 0 Å². The van der Waals surface area contributed by atoms with Crippen LogP contribution in [-0.2, 0) is 0 Å². The Hall–Kier alpha value is -0.0800. The maximum absolute atomic E-state index is 3.77. The molecule has 4 aliphatic carbocycles. The summed E-state index contributed by atoms with van der Waals surface area (Å²) in [5.41, 5.74) is 0.705. The molecule has 2 heteroatoms. The van der Waals surface area contributed by atoms with Crippen LogP contribution in [-0.4, -0.2) is 26.2 Å². The Labute approximate surface area is 125 Å². The van der Waals surface area contributed by atoms with E-state index in [9.17, 15) is 0 Å². The summed E-state index contributed by atoms with van der Waals surface area (Å²) in [5, 5.41) is 7.34. The fourth-order valence-corrected chi connectivity index (χ4v) is 5.66. The molecule has 0 aromatic rings. The zero-order valence-corrected chi connectivity index (χ0v) is 13.4. The average molecular weight is 278 g/mol. The second-order valence-corrected chi connectivity index (χ2v) is 8.05. The lowest BCUT2D eigenvalue weighted by Gasteiger charge is -2.57. The molecule has 4 saturated carbocycles. The normalized spacial score (nSPS) is 38.5. The van der Waals surface area contributed by atoms with Crippen LogP contribution < -0.4 is 10.6 Å². The molecule has 4 rings (SSSR count). The monoisotopic (exact) mass is 278 g/mol. The molecule has 2 N–H and O–H groups in total. The lowest BCUT2D eigenvalue weighted by molar-refractivity contribution is -0.0511.